The monoisotopic (exact) mass is 554 g/mol. The quantitative estimate of drug-likeness (QED) is 0.0952. The molecular formula is C36H30N2O4. The number of nitro benzene ring substituents is 1. The fourth-order valence-electron chi connectivity index (χ4n) is 5.42. The zero-order chi connectivity index (χ0) is 29.3. The predicted molar refractivity (Wildman–Crippen MR) is 165 cm³/mol. The molecule has 208 valence electrons. The molecule has 0 radical (unpaired) electrons. The van der Waals surface area contributed by atoms with Crippen LogP contribution in [0.15, 0.2) is 146 Å². The molecule has 5 aromatic rings. The Bertz CT molecular complexity index is 1640. The molecule has 0 amide bonds. The van der Waals surface area contributed by atoms with Crippen LogP contribution in [0.4, 0.5) is 11.4 Å². The molecule has 0 unspecified atom stereocenters. The number of carbonyl (C=O) groups excluding carboxylic acids is 2. The lowest BCUT2D eigenvalue weighted by molar-refractivity contribution is -0.384. The smallest absolute Gasteiger partial charge is 0.292 e. The minimum atomic E-state index is -0.801. The SMILES string of the molecule is O=C(C[C@@H](c1ccccc1)[C@H](C(=O)c1ccccc1)[C@@H](Nc1ccccc1[N+](=O)[O-])c1ccccc1)c1ccccc1. The molecule has 0 bridgehead atoms. The van der Waals surface area contributed by atoms with E-state index in [2.05, 4.69) is 5.32 Å². The van der Waals surface area contributed by atoms with Crippen molar-refractivity contribution in [3.05, 3.63) is 178 Å². The van der Waals surface area contributed by atoms with E-state index in [0.29, 0.717) is 16.8 Å². The van der Waals surface area contributed by atoms with E-state index in [1.54, 1.807) is 42.5 Å². The molecule has 0 aliphatic heterocycles. The molecule has 3 atom stereocenters. The predicted octanol–water partition coefficient (Wildman–Crippen LogP) is 8.30. The maximum atomic E-state index is 14.6. The third-order valence-electron chi connectivity index (χ3n) is 7.45. The molecule has 0 aliphatic rings. The van der Waals surface area contributed by atoms with Gasteiger partial charge >= 0.3 is 0 Å². The van der Waals surface area contributed by atoms with Crippen molar-refractivity contribution < 1.29 is 14.5 Å². The number of hydrogen-bond donors (Lipinski definition) is 1. The summed E-state index contributed by atoms with van der Waals surface area (Å²) in [6.07, 6.45) is 0.0686. The van der Waals surface area contributed by atoms with Crippen LogP contribution in [0.2, 0.25) is 0 Å². The molecule has 6 nitrogen and oxygen atoms in total. The standard InChI is InChI=1S/C36H30N2O4/c39-33(27-17-7-2-8-18-27)25-30(26-15-5-1-6-16-26)34(36(40)29-21-11-4-12-22-29)35(28-19-9-3-10-20-28)37-31-23-13-14-24-32(31)38(41)42/h1-24,30,34-35,37H,25H2/t30-,34-,35-/m0/s1. The molecule has 0 saturated carbocycles. The van der Waals surface area contributed by atoms with Crippen LogP contribution in [0.3, 0.4) is 0 Å². The number of anilines is 1. The highest BCUT2D eigenvalue weighted by Crippen LogP contribution is 2.42. The number of rotatable bonds is 12. The van der Waals surface area contributed by atoms with Crippen molar-refractivity contribution >= 4 is 22.9 Å². The van der Waals surface area contributed by atoms with Crippen LogP contribution < -0.4 is 5.32 Å². The van der Waals surface area contributed by atoms with Crippen molar-refractivity contribution in [3.63, 3.8) is 0 Å². The average molecular weight is 555 g/mol. The van der Waals surface area contributed by atoms with Gasteiger partial charge in [-0.25, -0.2) is 0 Å². The number of para-hydroxylation sites is 2. The first-order chi connectivity index (χ1) is 20.5. The van der Waals surface area contributed by atoms with Crippen molar-refractivity contribution in [2.75, 3.05) is 5.32 Å². The van der Waals surface area contributed by atoms with Crippen LogP contribution in [0.5, 0.6) is 0 Å². The second-order valence-electron chi connectivity index (χ2n) is 10.1. The summed E-state index contributed by atoms with van der Waals surface area (Å²) in [5, 5.41) is 15.4. The maximum absolute atomic E-state index is 14.6. The number of nitro groups is 1. The second kappa shape index (κ2) is 13.3. The first-order valence-electron chi connectivity index (χ1n) is 13.8. The van der Waals surface area contributed by atoms with Gasteiger partial charge in [0.25, 0.3) is 5.69 Å². The van der Waals surface area contributed by atoms with Gasteiger partial charge in [-0.3, -0.25) is 19.7 Å². The topological polar surface area (TPSA) is 89.3 Å². The Hall–Kier alpha value is -5.36. The third-order valence-corrected chi connectivity index (χ3v) is 7.45. The number of ketones is 2. The van der Waals surface area contributed by atoms with Crippen molar-refractivity contribution in [3.8, 4) is 0 Å². The summed E-state index contributed by atoms with van der Waals surface area (Å²) in [6.45, 7) is 0. The summed E-state index contributed by atoms with van der Waals surface area (Å²) in [5.74, 6) is -1.60. The molecule has 0 spiro atoms. The van der Waals surface area contributed by atoms with Crippen LogP contribution >= 0.6 is 0 Å². The van der Waals surface area contributed by atoms with E-state index in [1.165, 1.54) is 6.07 Å². The minimum Gasteiger partial charge on any atom is -0.372 e. The van der Waals surface area contributed by atoms with Gasteiger partial charge in [0.05, 0.1) is 16.9 Å². The molecule has 5 rings (SSSR count). The van der Waals surface area contributed by atoms with Crippen molar-refractivity contribution in [2.24, 2.45) is 5.92 Å². The largest absolute Gasteiger partial charge is 0.372 e. The van der Waals surface area contributed by atoms with Gasteiger partial charge in [-0.15, -0.1) is 0 Å². The molecule has 1 N–H and O–H groups in total. The summed E-state index contributed by atoms with van der Waals surface area (Å²) in [7, 11) is 0. The highest BCUT2D eigenvalue weighted by atomic mass is 16.6. The zero-order valence-electron chi connectivity index (χ0n) is 22.9. The number of carbonyl (C=O) groups is 2. The van der Waals surface area contributed by atoms with Crippen LogP contribution in [0.1, 0.15) is 50.2 Å². The molecule has 42 heavy (non-hydrogen) atoms. The van der Waals surface area contributed by atoms with Crippen LogP contribution in [-0.4, -0.2) is 16.5 Å². The Morgan fingerprint density at radius 2 is 1.10 bits per heavy atom. The normalized spacial score (nSPS) is 13.0. The van der Waals surface area contributed by atoms with Gasteiger partial charge < -0.3 is 5.32 Å². The lowest BCUT2D eigenvalue weighted by Crippen LogP contribution is -2.34. The van der Waals surface area contributed by atoms with Crippen molar-refractivity contribution in [1.29, 1.82) is 0 Å². The number of hydrogen-bond acceptors (Lipinski definition) is 5. The van der Waals surface area contributed by atoms with E-state index in [-0.39, 0.29) is 23.7 Å². The van der Waals surface area contributed by atoms with E-state index in [4.69, 9.17) is 0 Å². The molecule has 0 heterocycles. The van der Waals surface area contributed by atoms with Crippen LogP contribution in [-0.2, 0) is 0 Å². The summed E-state index contributed by atoms with van der Waals surface area (Å²) < 4.78 is 0. The molecule has 0 fully saturated rings. The maximum Gasteiger partial charge on any atom is 0.292 e. The van der Waals surface area contributed by atoms with Gasteiger partial charge in [0, 0.05) is 29.5 Å². The van der Waals surface area contributed by atoms with E-state index in [0.717, 1.165) is 11.1 Å². The Labute approximate surface area is 244 Å². The van der Waals surface area contributed by atoms with E-state index >= 15 is 0 Å². The highest BCUT2D eigenvalue weighted by Gasteiger charge is 2.39. The number of Topliss-reactive ketones (excluding diaryl/α,β-unsaturated/α-hetero) is 2. The van der Waals surface area contributed by atoms with Gasteiger partial charge in [-0.05, 0) is 17.2 Å². The minimum absolute atomic E-state index is 0.0686. The summed E-state index contributed by atoms with van der Waals surface area (Å²) in [5.41, 5.74) is 2.87. The number of nitrogens with zero attached hydrogens (tertiary/aromatic N) is 1. The lowest BCUT2D eigenvalue weighted by Gasteiger charge is -2.34. The first-order valence-corrected chi connectivity index (χ1v) is 13.8. The lowest BCUT2D eigenvalue weighted by atomic mass is 9.72. The van der Waals surface area contributed by atoms with Gasteiger partial charge in [-0.1, -0.05) is 133 Å². The van der Waals surface area contributed by atoms with Crippen molar-refractivity contribution in [2.45, 2.75) is 18.4 Å². The Morgan fingerprint density at radius 1 is 0.619 bits per heavy atom. The summed E-state index contributed by atoms with van der Waals surface area (Å²) in [4.78, 5) is 39.9. The first kappa shape index (κ1) is 28.2. The van der Waals surface area contributed by atoms with Crippen LogP contribution in [0, 0.1) is 16.0 Å². The average Bonchev–Trinajstić information content (AvgIpc) is 3.05. The summed E-state index contributed by atoms with van der Waals surface area (Å²) in [6, 6.07) is 42.7. The highest BCUT2D eigenvalue weighted by molar-refractivity contribution is 6.01. The van der Waals surface area contributed by atoms with E-state index in [1.807, 2.05) is 97.1 Å². The van der Waals surface area contributed by atoms with Gasteiger partial charge in [0.1, 0.15) is 5.69 Å². The third kappa shape index (κ3) is 6.50. The van der Waals surface area contributed by atoms with E-state index in [9.17, 15) is 19.7 Å². The van der Waals surface area contributed by atoms with Gasteiger partial charge in [0.15, 0.2) is 11.6 Å². The van der Waals surface area contributed by atoms with Gasteiger partial charge in [0.2, 0.25) is 0 Å². The molecule has 6 heteroatoms. The zero-order valence-corrected chi connectivity index (χ0v) is 22.9. The molecule has 0 aliphatic carbocycles. The fourth-order valence-corrected chi connectivity index (χ4v) is 5.42. The van der Waals surface area contributed by atoms with Crippen LogP contribution in [0.25, 0.3) is 0 Å². The number of nitrogens with one attached hydrogen (secondary N) is 1. The Morgan fingerprint density at radius 3 is 1.67 bits per heavy atom. The molecule has 5 aromatic carbocycles. The fraction of sp³-hybridized carbons (Fsp3) is 0.111. The molecule has 0 aromatic heterocycles. The second-order valence-corrected chi connectivity index (χ2v) is 10.1. The van der Waals surface area contributed by atoms with Gasteiger partial charge in [-0.2, -0.15) is 0 Å². The molecule has 0 saturated heterocycles. The Balaban J connectivity index is 1.70. The summed E-state index contributed by atoms with van der Waals surface area (Å²) >= 11 is 0. The molecular weight excluding hydrogens is 524 g/mol. The number of benzene rings is 5. The Kier molecular flexibility index (Phi) is 8.94. The van der Waals surface area contributed by atoms with E-state index < -0.39 is 22.8 Å². The van der Waals surface area contributed by atoms with Crippen molar-refractivity contribution in [1.82, 2.24) is 0 Å².